The SMILES string of the molecule is Cc1cccc(N(CC(=O)O)C(C)(C)C)c1[N+](=O)[O-]. The van der Waals surface area contributed by atoms with E-state index in [9.17, 15) is 14.9 Å². The van der Waals surface area contributed by atoms with Crippen molar-refractivity contribution in [3.05, 3.63) is 33.9 Å². The van der Waals surface area contributed by atoms with E-state index in [1.165, 1.54) is 4.90 Å². The Morgan fingerprint density at radius 1 is 1.42 bits per heavy atom. The number of rotatable bonds is 4. The van der Waals surface area contributed by atoms with Gasteiger partial charge in [-0.05, 0) is 33.8 Å². The number of nitro benzene ring substituents is 1. The van der Waals surface area contributed by atoms with Gasteiger partial charge in [-0.3, -0.25) is 14.9 Å². The number of aliphatic carboxylic acids is 1. The summed E-state index contributed by atoms with van der Waals surface area (Å²) in [6.45, 7) is 6.82. The number of carboxylic acids is 1. The molecule has 19 heavy (non-hydrogen) atoms. The van der Waals surface area contributed by atoms with Crippen LogP contribution in [0.3, 0.4) is 0 Å². The number of hydrogen-bond donors (Lipinski definition) is 1. The summed E-state index contributed by atoms with van der Waals surface area (Å²) < 4.78 is 0. The molecule has 0 heterocycles. The smallest absolute Gasteiger partial charge is 0.323 e. The number of hydrogen-bond acceptors (Lipinski definition) is 4. The van der Waals surface area contributed by atoms with Crippen molar-refractivity contribution in [3.8, 4) is 0 Å². The number of para-hydroxylation sites is 1. The van der Waals surface area contributed by atoms with Crippen LogP contribution in [0.1, 0.15) is 26.3 Å². The Morgan fingerprint density at radius 2 is 2.00 bits per heavy atom. The molecule has 0 bridgehead atoms. The van der Waals surface area contributed by atoms with Crippen LogP contribution >= 0.6 is 0 Å². The van der Waals surface area contributed by atoms with E-state index >= 15 is 0 Å². The van der Waals surface area contributed by atoms with Crippen molar-refractivity contribution in [1.82, 2.24) is 0 Å². The second-order valence-electron chi connectivity index (χ2n) is 5.35. The van der Waals surface area contributed by atoms with E-state index in [0.29, 0.717) is 11.3 Å². The van der Waals surface area contributed by atoms with Crippen LogP contribution < -0.4 is 4.90 Å². The van der Waals surface area contributed by atoms with Gasteiger partial charge in [-0.15, -0.1) is 0 Å². The Labute approximate surface area is 111 Å². The van der Waals surface area contributed by atoms with Gasteiger partial charge >= 0.3 is 5.97 Å². The minimum absolute atomic E-state index is 0.0429. The summed E-state index contributed by atoms with van der Waals surface area (Å²) in [6.07, 6.45) is 0. The molecule has 0 fully saturated rings. The lowest BCUT2D eigenvalue weighted by atomic mass is 10.0. The standard InChI is InChI=1S/C13H18N2O4/c1-9-6-5-7-10(12(9)15(18)19)14(8-11(16)17)13(2,3)4/h5-7H,8H2,1-4H3,(H,16,17). The predicted molar refractivity (Wildman–Crippen MR) is 72.6 cm³/mol. The zero-order chi connectivity index (χ0) is 14.8. The van der Waals surface area contributed by atoms with E-state index in [2.05, 4.69) is 0 Å². The fourth-order valence-electron chi connectivity index (χ4n) is 1.92. The average molecular weight is 266 g/mol. The first kappa shape index (κ1) is 14.9. The molecular formula is C13H18N2O4. The zero-order valence-electron chi connectivity index (χ0n) is 11.5. The Hall–Kier alpha value is -2.11. The Bertz CT molecular complexity index is 506. The van der Waals surface area contributed by atoms with Gasteiger partial charge in [0.05, 0.1) is 4.92 Å². The van der Waals surface area contributed by atoms with Crippen molar-refractivity contribution in [2.75, 3.05) is 11.4 Å². The highest BCUT2D eigenvalue weighted by Gasteiger charge is 2.30. The molecule has 1 rings (SSSR count). The van der Waals surface area contributed by atoms with E-state index < -0.39 is 16.4 Å². The second-order valence-corrected chi connectivity index (χ2v) is 5.35. The third-order valence-corrected chi connectivity index (χ3v) is 2.79. The maximum absolute atomic E-state index is 11.2. The fraction of sp³-hybridized carbons (Fsp3) is 0.462. The molecule has 1 aromatic carbocycles. The summed E-state index contributed by atoms with van der Waals surface area (Å²) in [4.78, 5) is 23.2. The lowest BCUT2D eigenvalue weighted by molar-refractivity contribution is -0.384. The van der Waals surface area contributed by atoms with Gasteiger partial charge in [0.1, 0.15) is 12.2 Å². The van der Waals surface area contributed by atoms with E-state index in [1.807, 2.05) is 20.8 Å². The molecule has 0 aliphatic heterocycles. The lowest BCUT2D eigenvalue weighted by Crippen LogP contribution is -2.45. The minimum atomic E-state index is -1.02. The summed E-state index contributed by atoms with van der Waals surface area (Å²) in [5.41, 5.74) is 0.275. The zero-order valence-corrected chi connectivity index (χ0v) is 11.5. The molecule has 0 atom stereocenters. The van der Waals surface area contributed by atoms with Crippen LogP contribution in [0, 0.1) is 17.0 Å². The molecule has 1 aromatic rings. The largest absolute Gasteiger partial charge is 0.480 e. The molecule has 6 heteroatoms. The molecule has 0 spiro atoms. The third kappa shape index (κ3) is 3.43. The molecule has 0 aliphatic carbocycles. The van der Waals surface area contributed by atoms with Gasteiger partial charge in [0.25, 0.3) is 5.69 Å². The number of carboxylic acid groups (broad SMARTS) is 1. The van der Waals surface area contributed by atoms with E-state index in [4.69, 9.17) is 5.11 Å². The van der Waals surface area contributed by atoms with E-state index in [0.717, 1.165) is 0 Å². The summed E-state index contributed by atoms with van der Waals surface area (Å²) in [7, 11) is 0. The van der Waals surface area contributed by atoms with Gasteiger partial charge in [-0.2, -0.15) is 0 Å². The Balaban J connectivity index is 3.42. The van der Waals surface area contributed by atoms with Crippen LogP contribution in [0.5, 0.6) is 0 Å². The normalized spacial score (nSPS) is 11.2. The fourth-order valence-corrected chi connectivity index (χ4v) is 1.92. The van der Waals surface area contributed by atoms with Crippen molar-refractivity contribution in [1.29, 1.82) is 0 Å². The van der Waals surface area contributed by atoms with Crippen molar-refractivity contribution >= 4 is 17.3 Å². The van der Waals surface area contributed by atoms with Crippen LogP contribution in [0.4, 0.5) is 11.4 Å². The van der Waals surface area contributed by atoms with Gasteiger partial charge in [-0.1, -0.05) is 12.1 Å². The number of nitro groups is 1. The van der Waals surface area contributed by atoms with Crippen LogP contribution in [0.25, 0.3) is 0 Å². The molecule has 6 nitrogen and oxygen atoms in total. The van der Waals surface area contributed by atoms with Gasteiger partial charge in [0.15, 0.2) is 0 Å². The quantitative estimate of drug-likeness (QED) is 0.669. The van der Waals surface area contributed by atoms with Gasteiger partial charge in [0.2, 0.25) is 0 Å². The summed E-state index contributed by atoms with van der Waals surface area (Å²) >= 11 is 0. The van der Waals surface area contributed by atoms with Gasteiger partial charge < -0.3 is 10.0 Å². The first-order valence-corrected chi connectivity index (χ1v) is 5.88. The second kappa shape index (κ2) is 5.26. The maximum Gasteiger partial charge on any atom is 0.323 e. The first-order chi connectivity index (χ1) is 8.64. The molecule has 104 valence electrons. The summed E-state index contributed by atoms with van der Waals surface area (Å²) in [5, 5.41) is 20.2. The van der Waals surface area contributed by atoms with Crippen LogP contribution in [-0.4, -0.2) is 28.1 Å². The average Bonchev–Trinajstić information content (AvgIpc) is 2.23. The highest BCUT2D eigenvalue weighted by atomic mass is 16.6. The number of anilines is 1. The molecule has 0 unspecified atom stereocenters. The predicted octanol–water partition coefficient (Wildman–Crippen LogP) is 2.59. The number of carbonyl (C=O) groups is 1. The van der Waals surface area contributed by atoms with Gasteiger partial charge in [-0.25, -0.2) is 0 Å². The minimum Gasteiger partial charge on any atom is -0.480 e. The van der Waals surface area contributed by atoms with Crippen molar-refractivity contribution in [2.24, 2.45) is 0 Å². The molecule has 0 aromatic heterocycles. The van der Waals surface area contributed by atoms with E-state index in [1.54, 1.807) is 25.1 Å². The monoisotopic (exact) mass is 266 g/mol. The number of nitrogens with zero attached hydrogens (tertiary/aromatic N) is 2. The van der Waals surface area contributed by atoms with Crippen LogP contribution in [-0.2, 0) is 4.79 Å². The first-order valence-electron chi connectivity index (χ1n) is 5.88. The molecule has 0 saturated heterocycles. The highest BCUT2D eigenvalue weighted by molar-refractivity contribution is 5.77. The number of aryl methyl sites for hydroxylation is 1. The van der Waals surface area contributed by atoms with Crippen LogP contribution in [0.15, 0.2) is 18.2 Å². The molecule has 1 N–H and O–H groups in total. The Morgan fingerprint density at radius 3 is 2.42 bits per heavy atom. The number of benzene rings is 1. The maximum atomic E-state index is 11.2. The topological polar surface area (TPSA) is 83.7 Å². The third-order valence-electron chi connectivity index (χ3n) is 2.79. The van der Waals surface area contributed by atoms with Crippen molar-refractivity contribution < 1.29 is 14.8 Å². The van der Waals surface area contributed by atoms with Crippen molar-refractivity contribution in [3.63, 3.8) is 0 Å². The highest BCUT2D eigenvalue weighted by Crippen LogP contribution is 2.34. The molecule has 0 aliphatic rings. The molecular weight excluding hydrogens is 248 g/mol. The van der Waals surface area contributed by atoms with Gasteiger partial charge in [0, 0.05) is 11.1 Å². The summed E-state index contributed by atoms with van der Waals surface area (Å²) in [5.74, 6) is -1.02. The molecule has 0 saturated carbocycles. The molecule has 0 radical (unpaired) electrons. The van der Waals surface area contributed by atoms with Crippen molar-refractivity contribution in [2.45, 2.75) is 33.2 Å². The van der Waals surface area contributed by atoms with Crippen LogP contribution in [0.2, 0.25) is 0 Å². The summed E-state index contributed by atoms with van der Waals surface area (Å²) in [6, 6.07) is 4.92. The lowest BCUT2D eigenvalue weighted by Gasteiger charge is -2.36. The Kier molecular flexibility index (Phi) is 4.14. The molecule has 0 amide bonds. The van der Waals surface area contributed by atoms with E-state index in [-0.39, 0.29) is 12.2 Å².